The number of nitrogens with one attached hydrogen (secondary N) is 2. The van der Waals surface area contributed by atoms with Crippen molar-refractivity contribution in [1.82, 2.24) is 5.32 Å². The van der Waals surface area contributed by atoms with Crippen molar-refractivity contribution in [2.75, 3.05) is 4.72 Å². The number of carbonyl (C=O) groups excluding carboxylic acids is 1. The Kier molecular flexibility index (Phi) is 5.68. The van der Waals surface area contributed by atoms with Gasteiger partial charge in [-0.2, -0.15) is 0 Å². The molecule has 1 unspecified atom stereocenters. The van der Waals surface area contributed by atoms with E-state index >= 15 is 0 Å². The SMILES string of the molecule is CCC(C)NC(=O)C1(c2ccc(NS(=O)(=O)c3ccc(F)c(Cl)c3)cc2)CC1. The minimum Gasteiger partial charge on any atom is -0.353 e. The Hall–Kier alpha value is -2.12. The van der Waals surface area contributed by atoms with Crippen molar-refractivity contribution in [1.29, 1.82) is 0 Å². The van der Waals surface area contributed by atoms with E-state index in [4.69, 9.17) is 11.6 Å². The lowest BCUT2D eigenvalue weighted by Gasteiger charge is -2.19. The van der Waals surface area contributed by atoms with Gasteiger partial charge in [0, 0.05) is 11.7 Å². The molecule has 2 N–H and O–H groups in total. The molecule has 0 heterocycles. The minimum absolute atomic E-state index is 0.0103. The van der Waals surface area contributed by atoms with Gasteiger partial charge in [0.2, 0.25) is 5.91 Å². The number of carbonyl (C=O) groups is 1. The van der Waals surface area contributed by atoms with Crippen LogP contribution in [0.1, 0.15) is 38.7 Å². The summed E-state index contributed by atoms with van der Waals surface area (Å²) in [6, 6.07) is 10.1. The van der Waals surface area contributed by atoms with Gasteiger partial charge in [0.1, 0.15) is 5.82 Å². The Bertz CT molecular complexity index is 989. The average Bonchev–Trinajstić information content (AvgIpc) is 3.46. The first-order valence-electron chi connectivity index (χ1n) is 9.07. The zero-order valence-corrected chi connectivity index (χ0v) is 17.2. The monoisotopic (exact) mass is 424 g/mol. The van der Waals surface area contributed by atoms with Gasteiger partial charge in [-0.05, 0) is 62.1 Å². The van der Waals surface area contributed by atoms with Crippen LogP contribution in [0, 0.1) is 5.82 Å². The first kappa shape index (κ1) is 20.6. The standard InChI is InChI=1S/C20H22ClFN2O3S/c1-3-13(2)23-19(25)20(10-11-20)14-4-6-15(7-5-14)24-28(26,27)16-8-9-18(22)17(21)12-16/h4-9,12-13,24H,3,10-11H2,1-2H3,(H,23,25). The van der Waals surface area contributed by atoms with E-state index in [9.17, 15) is 17.6 Å². The van der Waals surface area contributed by atoms with Crippen LogP contribution in [0.25, 0.3) is 0 Å². The van der Waals surface area contributed by atoms with Crippen LogP contribution in [-0.4, -0.2) is 20.4 Å². The number of hydrogen-bond donors (Lipinski definition) is 2. The molecule has 5 nitrogen and oxygen atoms in total. The number of hydrogen-bond acceptors (Lipinski definition) is 3. The van der Waals surface area contributed by atoms with Crippen molar-refractivity contribution in [3.8, 4) is 0 Å². The Balaban J connectivity index is 1.76. The summed E-state index contributed by atoms with van der Waals surface area (Å²) in [5.41, 5.74) is 0.689. The van der Waals surface area contributed by atoms with E-state index in [0.717, 1.165) is 43.0 Å². The van der Waals surface area contributed by atoms with Crippen molar-refractivity contribution in [3.05, 3.63) is 58.9 Å². The Morgan fingerprint density at radius 3 is 2.39 bits per heavy atom. The predicted molar refractivity (Wildman–Crippen MR) is 107 cm³/mol. The molecule has 1 atom stereocenters. The summed E-state index contributed by atoms with van der Waals surface area (Å²) in [5, 5.41) is 2.76. The molecule has 0 spiro atoms. The van der Waals surface area contributed by atoms with E-state index in [2.05, 4.69) is 10.0 Å². The van der Waals surface area contributed by atoms with Crippen LogP contribution in [0.4, 0.5) is 10.1 Å². The number of sulfonamides is 1. The molecule has 1 amide bonds. The van der Waals surface area contributed by atoms with Crippen molar-refractivity contribution < 1.29 is 17.6 Å². The molecule has 1 aliphatic rings. The maximum Gasteiger partial charge on any atom is 0.261 e. The third kappa shape index (κ3) is 4.15. The molecule has 1 fully saturated rings. The third-order valence-corrected chi connectivity index (χ3v) is 6.73. The van der Waals surface area contributed by atoms with E-state index in [0.29, 0.717) is 5.69 Å². The Labute approximate surface area is 169 Å². The van der Waals surface area contributed by atoms with Gasteiger partial charge in [-0.3, -0.25) is 9.52 Å². The molecule has 0 aromatic heterocycles. The highest BCUT2D eigenvalue weighted by atomic mass is 35.5. The van der Waals surface area contributed by atoms with Crippen LogP contribution < -0.4 is 10.0 Å². The lowest BCUT2D eigenvalue weighted by atomic mass is 9.94. The summed E-state index contributed by atoms with van der Waals surface area (Å²) in [6.07, 6.45) is 2.40. The summed E-state index contributed by atoms with van der Waals surface area (Å²) in [4.78, 5) is 12.5. The fourth-order valence-corrected chi connectivity index (χ4v) is 4.28. The van der Waals surface area contributed by atoms with E-state index in [-0.39, 0.29) is 21.9 Å². The number of benzene rings is 2. The molecule has 1 saturated carbocycles. The van der Waals surface area contributed by atoms with Gasteiger partial charge in [0.05, 0.1) is 15.3 Å². The zero-order chi connectivity index (χ0) is 20.5. The van der Waals surface area contributed by atoms with Crippen LogP contribution in [0.15, 0.2) is 47.4 Å². The van der Waals surface area contributed by atoms with Gasteiger partial charge in [-0.1, -0.05) is 30.7 Å². The highest BCUT2D eigenvalue weighted by Gasteiger charge is 2.51. The number of anilines is 1. The Morgan fingerprint density at radius 1 is 1.21 bits per heavy atom. The number of rotatable bonds is 7. The van der Waals surface area contributed by atoms with E-state index in [1.807, 2.05) is 13.8 Å². The molecule has 8 heteroatoms. The molecule has 2 aromatic carbocycles. The molecular formula is C20H22ClFN2O3S. The van der Waals surface area contributed by atoms with Crippen LogP contribution in [-0.2, 0) is 20.2 Å². The molecule has 0 bridgehead atoms. The Morgan fingerprint density at radius 2 is 1.86 bits per heavy atom. The van der Waals surface area contributed by atoms with Gasteiger partial charge < -0.3 is 5.32 Å². The third-order valence-electron chi connectivity index (χ3n) is 5.07. The predicted octanol–water partition coefficient (Wildman–Crippen LogP) is 4.23. The summed E-state index contributed by atoms with van der Waals surface area (Å²) >= 11 is 5.67. The van der Waals surface area contributed by atoms with Gasteiger partial charge in [0.25, 0.3) is 10.0 Å². The van der Waals surface area contributed by atoms with Crippen LogP contribution in [0.5, 0.6) is 0 Å². The fraction of sp³-hybridized carbons (Fsp3) is 0.350. The molecule has 2 aromatic rings. The highest BCUT2D eigenvalue weighted by molar-refractivity contribution is 7.92. The van der Waals surface area contributed by atoms with Crippen LogP contribution in [0.2, 0.25) is 5.02 Å². The number of amides is 1. The molecule has 0 aliphatic heterocycles. The lowest BCUT2D eigenvalue weighted by molar-refractivity contribution is -0.124. The van der Waals surface area contributed by atoms with Gasteiger partial charge >= 0.3 is 0 Å². The maximum atomic E-state index is 13.3. The normalized spacial score (nSPS) is 16.3. The van der Waals surface area contributed by atoms with Crippen molar-refractivity contribution in [2.24, 2.45) is 0 Å². The molecule has 150 valence electrons. The average molecular weight is 425 g/mol. The van der Waals surface area contributed by atoms with Gasteiger partial charge in [-0.15, -0.1) is 0 Å². The summed E-state index contributed by atoms with van der Waals surface area (Å²) < 4.78 is 40.6. The second kappa shape index (κ2) is 7.72. The number of halogens is 2. The van der Waals surface area contributed by atoms with Crippen molar-refractivity contribution in [3.63, 3.8) is 0 Å². The largest absolute Gasteiger partial charge is 0.353 e. The summed E-state index contributed by atoms with van der Waals surface area (Å²) in [6.45, 7) is 3.98. The quantitative estimate of drug-likeness (QED) is 0.698. The van der Waals surface area contributed by atoms with Gasteiger partial charge in [-0.25, -0.2) is 12.8 Å². The summed E-state index contributed by atoms with van der Waals surface area (Å²) in [5.74, 6) is -0.675. The zero-order valence-electron chi connectivity index (χ0n) is 15.6. The fourth-order valence-electron chi connectivity index (χ4n) is 2.95. The van der Waals surface area contributed by atoms with E-state index in [1.165, 1.54) is 0 Å². The second-order valence-corrected chi connectivity index (χ2v) is 9.21. The summed E-state index contributed by atoms with van der Waals surface area (Å²) in [7, 11) is -3.90. The van der Waals surface area contributed by atoms with Crippen molar-refractivity contribution in [2.45, 2.75) is 49.5 Å². The van der Waals surface area contributed by atoms with Crippen molar-refractivity contribution >= 4 is 33.2 Å². The molecule has 1 aliphatic carbocycles. The first-order valence-corrected chi connectivity index (χ1v) is 10.9. The molecule has 0 radical (unpaired) electrons. The highest BCUT2D eigenvalue weighted by Crippen LogP contribution is 2.48. The second-order valence-electron chi connectivity index (χ2n) is 7.12. The molecule has 28 heavy (non-hydrogen) atoms. The molecule has 3 rings (SSSR count). The van der Waals surface area contributed by atoms with Gasteiger partial charge in [0.15, 0.2) is 0 Å². The molecular weight excluding hydrogens is 403 g/mol. The van der Waals surface area contributed by atoms with Crippen LogP contribution >= 0.6 is 11.6 Å². The molecule has 0 saturated heterocycles. The minimum atomic E-state index is -3.90. The lowest BCUT2D eigenvalue weighted by Crippen LogP contribution is -2.39. The maximum absolute atomic E-state index is 13.3. The van der Waals surface area contributed by atoms with E-state index < -0.39 is 21.3 Å². The van der Waals surface area contributed by atoms with Crippen LogP contribution in [0.3, 0.4) is 0 Å². The smallest absolute Gasteiger partial charge is 0.261 e. The van der Waals surface area contributed by atoms with E-state index in [1.54, 1.807) is 24.3 Å². The first-order chi connectivity index (χ1) is 13.2. The topological polar surface area (TPSA) is 75.3 Å².